The fraction of sp³-hybridized carbons (Fsp3) is 0.448. The van der Waals surface area contributed by atoms with Gasteiger partial charge in [0.1, 0.15) is 16.5 Å². The van der Waals surface area contributed by atoms with E-state index in [4.69, 9.17) is 29.1 Å². The third-order valence-corrected chi connectivity index (χ3v) is 7.31. The predicted molar refractivity (Wildman–Crippen MR) is 143 cm³/mol. The van der Waals surface area contributed by atoms with Gasteiger partial charge < -0.3 is 19.3 Å². The van der Waals surface area contributed by atoms with E-state index in [1.165, 1.54) is 40.8 Å². The second-order valence-electron chi connectivity index (χ2n) is 9.13. The first-order valence-electron chi connectivity index (χ1n) is 12.9. The number of rotatable bonds is 9. The Balaban J connectivity index is 0.000000709. The monoisotopic (exact) mass is 509 g/mol. The molecule has 36 heavy (non-hydrogen) atoms. The van der Waals surface area contributed by atoms with Crippen LogP contribution in [-0.4, -0.2) is 35.9 Å². The van der Waals surface area contributed by atoms with Crippen LogP contribution in [0.2, 0.25) is 0 Å². The number of aromatic nitrogens is 1. The van der Waals surface area contributed by atoms with E-state index < -0.39 is 5.97 Å². The number of fused-ring (bicyclic) bond motifs is 2. The Bertz CT molecular complexity index is 1140. The van der Waals surface area contributed by atoms with Gasteiger partial charge in [-0.3, -0.25) is 4.79 Å². The summed E-state index contributed by atoms with van der Waals surface area (Å²) in [6.45, 7) is 5.39. The minimum absolute atomic E-state index is 0.653. The third kappa shape index (κ3) is 7.00. The SMILES string of the molecule is CC(=O)O.CCCc1cc(-c2nc3c(s2)CCCO3)ccc1OCCCOc1ccc2c(c1)CCC2. The zero-order valence-corrected chi connectivity index (χ0v) is 22.0. The lowest BCUT2D eigenvalue weighted by Gasteiger charge is -2.13. The molecule has 5 rings (SSSR count). The minimum atomic E-state index is -0.833. The Hall–Kier alpha value is -3.06. The van der Waals surface area contributed by atoms with Gasteiger partial charge in [0.15, 0.2) is 0 Å². The Labute approximate surface area is 217 Å². The van der Waals surface area contributed by atoms with E-state index >= 15 is 0 Å². The summed E-state index contributed by atoms with van der Waals surface area (Å²) in [6.07, 6.45) is 8.76. The summed E-state index contributed by atoms with van der Waals surface area (Å²) in [7, 11) is 0. The topological polar surface area (TPSA) is 77.9 Å². The molecule has 0 fully saturated rings. The summed E-state index contributed by atoms with van der Waals surface area (Å²) in [5, 5.41) is 8.46. The largest absolute Gasteiger partial charge is 0.493 e. The Kier molecular flexibility index (Phi) is 9.23. The number of hydrogen-bond acceptors (Lipinski definition) is 6. The molecule has 7 heteroatoms. The minimum Gasteiger partial charge on any atom is -0.493 e. The molecular weight excluding hydrogens is 474 g/mol. The van der Waals surface area contributed by atoms with Crippen molar-refractivity contribution in [3.05, 3.63) is 58.0 Å². The second-order valence-corrected chi connectivity index (χ2v) is 10.2. The summed E-state index contributed by atoms with van der Waals surface area (Å²) in [5.74, 6) is 1.96. The number of carboxylic acids is 1. The predicted octanol–water partition coefficient (Wildman–Crippen LogP) is 6.52. The molecule has 6 nitrogen and oxygen atoms in total. The molecule has 1 aliphatic heterocycles. The average molecular weight is 510 g/mol. The number of hydrogen-bond donors (Lipinski definition) is 1. The smallest absolute Gasteiger partial charge is 0.300 e. The van der Waals surface area contributed by atoms with E-state index in [1.807, 2.05) is 0 Å². The van der Waals surface area contributed by atoms with Crippen molar-refractivity contribution in [3.63, 3.8) is 0 Å². The Morgan fingerprint density at radius 3 is 2.67 bits per heavy atom. The fourth-order valence-corrected chi connectivity index (χ4v) is 5.57. The quantitative estimate of drug-likeness (QED) is 0.331. The van der Waals surface area contributed by atoms with Gasteiger partial charge in [-0.2, -0.15) is 0 Å². The molecular formula is C29H35NO5S. The number of nitrogens with zero attached hydrogens (tertiary/aromatic N) is 1. The Morgan fingerprint density at radius 2 is 1.86 bits per heavy atom. The van der Waals surface area contributed by atoms with Gasteiger partial charge in [-0.1, -0.05) is 19.4 Å². The van der Waals surface area contributed by atoms with Crippen molar-refractivity contribution in [3.8, 4) is 28.0 Å². The molecule has 0 radical (unpaired) electrons. The third-order valence-electron chi connectivity index (χ3n) is 6.16. The van der Waals surface area contributed by atoms with Gasteiger partial charge in [0.05, 0.1) is 24.7 Å². The van der Waals surface area contributed by atoms with Crippen LogP contribution in [0, 0.1) is 0 Å². The van der Waals surface area contributed by atoms with Crippen molar-refractivity contribution >= 4 is 17.3 Å². The number of ether oxygens (including phenoxy) is 3. The lowest BCUT2D eigenvalue weighted by Crippen LogP contribution is -2.06. The molecule has 192 valence electrons. The summed E-state index contributed by atoms with van der Waals surface area (Å²) in [6, 6.07) is 13.0. The number of carbonyl (C=O) groups is 1. The molecule has 0 saturated carbocycles. The molecule has 0 bridgehead atoms. The van der Waals surface area contributed by atoms with Gasteiger partial charge in [0.2, 0.25) is 5.88 Å². The van der Waals surface area contributed by atoms with Crippen LogP contribution in [0.15, 0.2) is 36.4 Å². The summed E-state index contributed by atoms with van der Waals surface area (Å²) >= 11 is 1.76. The van der Waals surface area contributed by atoms with Crippen LogP contribution in [-0.2, 0) is 30.5 Å². The van der Waals surface area contributed by atoms with Crippen LogP contribution in [0.4, 0.5) is 0 Å². The highest BCUT2D eigenvalue weighted by Gasteiger charge is 2.18. The number of carboxylic acid groups (broad SMARTS) is 1. The fourth-order valence-electron chi connectivity index (χ4n) is 4.52. The first kappa shape index (κ1) is 26.0. The van der Waals surface area contributed by atoms with Crippen LogP contribution < -0.4 is 14.2 Å². The molecule has 1 aliphatic carbocycles. The maximum absolute atomic E-state index is 9.00. The lowest BCUT2D eigenvalue weighted by atomic mass is 10.1. The zero-order chi connectivity index (χ0) is 25.3. The van der Waals surface area contributed by atoms with Crippen molar-refractivity contribution in [1.29, 1.82) is 0 Å². The van der Waals surface area contributed by atoms with E-state index in [0.29, 0.717) is 13.2 Å². The first-order chi connectivity index (χ1) is 17.5. The zero-order valence-electron chi connectivity index (χ0n) is 21.2. The maximum Gasteiger partial charge on any atom is 0.300 e. The standard InChI is InChI=1S/C27H31NO3S.C2H4O2/c1-2-6-21-17-22(27-28-26-25(32-27)9-4-14-31-26)11-13-24(21)30-16-5-15-29-23-12-10-19-7-3-8-20(19)18-23;1-2(3)4/h10-13,17-18H,2-9,14-16H2,1H3;1H3,(H,3,4). The molecule has 3 aromatic rings. The molecule has 0 unspecified atom stereocenters. The highest BCUT2D eigenvalue weighted by atomic mass is 32.1. The van der Waals surface area contributed by atoms with Gasteiger partial charge in [-0.25, -0.2) is 4.98 Å². The highest BCUT2D eigenvalue weighted by Crippen LogP contribution is 2.37. The van der Waals surface area contributed by atoms with Crippen molar-refractivity contribution in [2.24, 2.45) is 0 Å². The van der Waals surface area contributed by atoms with E-state index in [2.05, 4.69) is 43.3 Å². The molecule has 0 spiro atoms. The first-order valence-corrected chi connectivity index (χ1v) is 13.7. The van der Waals surface area contributed by atoms with Crippen LogP contribution in [0.25, 0.3) is 10.6 Å². The van der Waals surface area contributed by atoms with Gasteiger partial charge >= 0.3 is 0 Å². The second kappa shape index (κ2) is 12.8. The molecule has 1 aromatic heterocycles. The molecule has 2 aliphatic rings. The lowest BCUT2D eigenvalue weighted by molar-refractivity contribution is -0.134. The van der Waals surface area contributed by atoms with Crippen LogP contribution in [0.1, 0.15) is 61.1 Å². The number of aryl methyl sites for hydroxylation is 4. The normalized spacial score (nSPS) is 13.6. The summed E-state index contributed by atoms with van der Waals surface area (Å²) in [5.41, 5.74) is 5.34. The van der Waals surface area contributed by atoms with Crippen molar-refractivity contribution < 1.29 is 24.1 Å². The highest BCUT2D eigenvalue weighted by molar-refractivity contribution is 7.15. The van der Waals surface area contributed by atoms with Gasteiger partial charge in [-0.15, -0.1) is 11.3 Å². The number of aliphatic carboxylic acids is 1. The van der Waals surface area contributed by atoms with E-state index in [0.717, 1.165) is 73.6 Å². The van der Waals surface area contributed by atoms with E-state index in [-0.39, 0.29) is 0 Å². The van der Waals surface area contributed by atoms with Gasteiger partial charge in [0.25, 0.3) is 5.97 Å². The number of thiazole rings is 1. The van der Waals surface area contributed by atoms with Crippen molar-refractivity contribution in [2.45, 2.75) is 65.2 Å². The molecule has 2 aromatic carbocycles. The van der Waals surface area contributed by atoms with Crippen molar-refractivity contribution in [2.75, 3.05) is 19.8 Å². The maximum atomic E-state index is 9.00. The van der Waals surface area contributed by atoms with Crippen LogP contribution in [0.3, 0.4) is 0 Å². The summed E-state index contributed by atoms with van der Waals surface area (Å²) in [4.78, 5) is 15.0. The van der Waals surface area contributed by atoms with Crippen LogP contribution >= 0.6 is 11.3 Å². The van der Waals surface area contributed by atoms with Crippen molar-refractivity contribution in [1.82, 2.24) is 4.98 Å². The molecule has 1 N–H and O–H groups in total. The Morgan fingerprint density at radius 1 is 1.06 bits per heavy atom. The molecule has 2 heterocycles. The molecule has 0 saturated heterocycles. The molecule has 0 atom stereocenters. The van der Waals surface area contributed by atoms with Gasteiger partial charge in [-0.05, 0) is 85.5 Å². The molecule has 0 amide bonds. The number of benzene rings is 2. The summed E-state index contributed by atoms with van der Waals surface area (Å²) < 4.78 is 17.8. The average Bonchev–Trinajstić information content (AvgIpc) is 3.51. The van der Waals surface area contributed by atoms with E-state index in [9.17, 15) is 0 Å². The van der Waals surface area contributed by atoms with E-state index in [1.54, 1.807) is 11.3 Å². The van der Waals surface area contributed by atoms with Crippen LogP contribution in [0.5, 0.6) is 17.4 Å². The van der Waals surface area contributed by atoms with Gasteiger partial charge in [0, 0.05) is 18.9 Å².